The summed E-state index contributed by atoms with van der Waals surface area (Å²) >= 11 is 0. The maximum absolute atomic E-state index is 6.33. The molecule has 1 aromatic heterocycles. The van der Waals surface area contributed by atoms with E-state index in [2.05, 4.69) is 53.0 Å². The van der Waals surface area contributed by atoms with Crippen molar-refractivity contribution in [3.8, 4) is 0 Å². The van der Waals surface area contributed by atoms with Gasteiger partial charge in [0.05, 0.1) is 5.69 Å². The Morgan fingerprint density at radius 2 is 1.67 bits per heavy atom. The number of hydrogen-bond acceptors (Lipinski definition) is 2. The Hall–Kier alpha value is -0.990. The van der Waals surface area contributed by atoms with Crippen LogP contribution in [0.25, 0.3) is 0 Å². The van der Waals surface area contributed by atoms with Gasteiger partial charge in [-0.05, 0) is 33.6 Å². The van der Waals surface area contributed by atoms with E-state index in [0.29, 0.717) is 0 Å². The molecule has 18 heavy (non-hydrogen) atoms. The molecule has 3 heteroatoms. The Labute approximate surface area is 112 Å². The Balaban J connectivity index is 3.33. The van der Waals surface area contributed by atoms with E-state index in [1.54, 1.807) is 0 Å². The van der Waals surface area contributed by atoms with Gasteiger partial charge in [-0.25, -0.2) is 4.98 Å². The molecule has 0 aliphatic rings. The van der Waals surface area contributed by atoms with Crippen LogP contribution in [0.15, 0.2) is 0 Å². The molecule has 0 radical (unpaired) electrons. The van der Waals surface area contributed by atoms with E-state index >= 15 is 0 Å². The fourth-order valence-corrected chi connectivity index (χ4v) is 2.19. The molecule has 0 saturated carbocycles. The first-order chi connectivity index (χ1) is 8.09. The topological polar surface area (TPSA) is 43.8 Å². The van der Waals surface area contributed by atoms with Crippen LogP contribution in [-0.4, -0.2) is 9.55 Å². The fourth-order valence-electron chi connectivity index (χ4n) is 2.19. The van der Waals surface area contributed by atoms with E-state index < -0.39 is 0 Å². The average Bonchev–Trinajstić information content (AvgIpc) is 2.51. The lowest BCUT2D eigenvalue weighted by atomic mass is 9.94. The first-order valence-electron chi connectivity index (χ1n) is 6.97. The van der Waals surface area contributed by atoms with E-state index in [1.165, 1.54) is 6.42 Å². The molecule has 3 nitrogen and oxygen atoms in total. The average molecular weight is 251 g/mol. The number of aryl methyl sites for hydroxylation is 1. The van der Waals surface area contributed by atoms with E-state index in [0.717, 1.165) is 30.2 Å². The second kappa shape index (κ2) is 4.94. The van der Waals surface area contributed by atoms with Crippen molar-refractivity contribution >= 4 is 5.82 Å². The molecule has 0 fully saturated rings. The number of nitrogens with two attached hydrogens (primary N) is 1. The molecule has 0 spiro atoms. The van der Waals surface area contributed by atoms with Gasteiger partial charge < -0.3 is 10.3 Å². The second-order valence-corrected chi connectivity index (χ2v) is 7.13. The minimum atomic E-state index is -0.0236. The lowest BCUT2D eigenvalue weighted by Gasteiger charge is -2.29. The van der Waals surface area contributed by atoms with Gasteiger partial charge in [0.15, 0.2) is 0 Å². The molecule has 0 atom stereocenters. The fraction of sp³-hybridized carbons (Fsp3) is 0.800. The summed E-state index contributed by atoms with van der Waals surface area (Å²) in [6.45, 7) is 15.3. The molecule has 1 aromatic rings. The summed E-state index contributed by atoms with van der Waals surface area (Å²) in [5.41, 5.74) is 7.39. The van der Waals surface area contributed by atoms with Crippen LogP contribution in [0.3, 0.4) is 0 Å². The lowest BCUT2D eigenvalue weighted by Crippen LogP contribution is -2.30. The quantitative estimate of drug-likeness (QED) is 0.886. The summed E-state index contributed by atoms with van der Waals surface area (Å²) in [5, 5.41) is 0. The minimum absolute atomic E-state index is 0.0197. The number of hydrogen-bond donors (Lipinski definition) is 1. The third-order valence-corrected chi connectivity index (χ3v) is 3.10. The van der Waals surface area contributed by atoms with Crippen LogP contribution >= 0.6 is 0 Å². The minimum Gasteiger partial charge on any atom is -0.384 e. The van der Waals surface area contributed by atoms with E-state index in [9.17, 15) is 0 Å². The molecule has 2 N–H and O–H groups in total. The van der Waals surface area contributed by atoms with Crippen molar-refractivity contribution in [1.29, 1.82) is 0 Å². The summed E-state index contributed by atoms with van der Waals surface area (Å²) in [4.78, 5) is 4.82. The van der Waals surface area contributed by atoms with Crippen molar-refractivity contribution in [2.24, 2.45) is 0 Å². The molecule has 104 valence electrons. The summed E-state index contributed by atoms with van der Waals surface area (Å²) in [7, 11) is 0. The number of aromatic nitrogens is 2. The SMILES string of the molecule is CCCCc1nc(C(C)(C)C)n(C(C)(C)C)c1N. The summed E-state index contributed by atoms with van der Waals surface area (Å²) in [5.74, 6) is 1.94. The van der Waals surface area contributed by atoms with Crippen molar-refractivity contribution in [1.82, 2.24) is 9.55 Å². The summed E-state index contributed by atoms with van der Waals surface area (Å²) < 4.78 is 2.21. The van der Waals surface area contributed by atoms with Crippen LogP contribution in [-0.2, 0) is 17.4 Å². The van der Waals surface area contributed by atoms with Gasteiger partial charge in [0.2, 0.25) is 0 Å². The van der Waals surface area contributed by atoms with E-state index in [1.807, 2.05) is 0 Å². The molecule has 0 saturated heterocycles. The normalized spacial score (nSPS) is 13.1. The number of anilines is 1. The largest absolute Gasteiger partial charge is 0.384 e. The highest BCUT2D eigenvalue weighted by Crippen LogP contribution is 2.32. The van der Waals surface area contributed by atoms with Crippen molar-refractivity contribution in [3.63, 3.8) is 0 Å². The van der Waals surface area contributed by atoms with E-state index in [-0.39, 0.29) is 11.0 Å². The van der Waals surface area contributed by atoms with Crippen molar-refractivity contribution in [2.75, 3.05) is 5.73 Å². The highest BCUT2D eigenvalue weighted by molar-refractivity contribution is 5.41. The Kier molecular flexibility index (Phi) is 4.14. The smallest absolute Gasteiger partial charge is 0.127 e. The van der Waals surface area contributed by atoms with Gasteiger partial charge in [-0.15, -0.1) is 0 Å². The van der Waals surface area contributed by atoms with Gasteiger partial charge in [0, 0.05) is 11.0 Å². The predicted molar refractivity (Wildman–Crippen MR) is 78.9 cm³/mol. The Morgan fingerprint density at radius 3 is 2.00 bits per heavy atom. The molecule has 0 aromatic carbocycles. The monoisotopic (exact) mass is 251 g/mol. The zero-order valence-electron chi connectivity index (χ0n) is 13.1. The molecule has 0 bridgehead atoms. The molecule has 0 unspecified atom stereocenters. The zero-order chi connectivity index (χ0) is 14.1. The van der Waals surface area contributed by atoms with Crippen LogP contribution in [0, 0.1) is 0 Å². The van der Waals surface area contributed by atoms with Crippen LogP contribution in [0.2, 0.25) is 0 Å². The van der Waals surface area contributed by atoms with Crippen molar-refractivity contribution < 1.29 is 0 Å². The van der Waals surface area contributed by atoms with Crippen LogP contribution in [0.5, 0.6) is 0 Å². The molecule has 0 aliphatic heterocycles. The number of nitrogens with zero attached hydrogens (tertiary/aromatic N) is 2. The number of rotatable bonds is 3. The Morgan fingerprint density at radius 1 is 1.11 bits per heavy atom. The predicted octanol–water partition coefficient (Wildman–Crippen LogP) is 3.86. The molecular weight excluding hydrogens is 222 g/mol. The number of nitrogen functional groups attached to an aromatic ring is 1. The lowest BCUT2D eigenvalue weighted by molar-refractivity contribution is 0.359. The van der Waals surface area contributed by atoms with Crippen LogP contribution < -0.4 is 5.73 Å². The first-order valence-corrected chi connectivity index (χ1v) is 6.97. The second-order valence-electron chi connectivity index (χ2n) is 7.13. The van der Waals surface area contributed by atoms with Crippen molar-refractivity contribution in [2.45, 2.75) is 78.7 Å². The van der Waals surface area contributed by atoms with Crippen LogP contribution in [0.4, 0.5) is 5.82 Å². The van der Waals surface area contributed by atoms with Crippen molar-refractivity contribution in [3.05, 3.63) is 11.5 Å². The van der Waals surface area contributed by atoms with Crippen LogP contribution in [0.1, 0.15) is 72.8 Å². The highest BCUT2D eigenvalue weighted by atomic mass is 15.2. The third kappa shape index (κ3) is 3.06. The highest BCUT2D eigenvalue weighted by Gasteiger charge is 2.29. The van der Waals surface area contributed by atoms with E-state index in [4.69, 9.17) is 10.7 Å². The molecular formula is C15H29N3. The summed E-state index contributed by atoms with van der Waals surface area (Å²) in [6.07, 6.45) is 3.30. The maximum Gasteiger partial charge on any atom is 0.127 e. The Bertz CT molecular complexity index is 403. The molecule has 0 amide bonds. The van der Waals surface area contributed by atoms with Gasteiger partial charge in [-0.1, -0.05) is 34.1 Å². The molecule has 1 rings (SSSR count). The number of imidazole rings is 1. The molecule has 1 heterocycles. The molecule has 0 aliphatic carbocycles. The standard InChI is InChI=1S/C15H29N3/c1-8-9-10-11-12(16)18(15(5,6)7)13(17-11)14(2,3)4/h8-10,16H2,1-7H3. The van der Waals surface area contributed by atoms with Gasteiger partial charge in [-0.2, -0.15) is 0 Å². The maximum atomic E-state index is 6.33. The first kappa shape index (κ1) is 15.1. The third-order valence-electron chi connectivity index (χ3n) is 3.10. The number of unbranched alkanes of at least 4 members (excludes halogenated alkanes) is 1. The van der Waals surface area contributed by atoms with Gasteiger partial charge in [0.25, 0.3) is 0 Å². The van der Waals surface area contributed by atoms with Gasteiger partial charge in [-0.3, -0.25) is 0 Å². The van der Waals surface area contributed by atoms with Gasteiger partial charge in [0.1, 0.15) is 11.6 Å². The van der Waals surface area contributed by atoms with Gasteiger partial charge >= 0.3 is 0 Å². The zero-order valence-corrected chi connectivity index (χ0v) is 13.1. The summed E-state index contributed by atoms with van der Waals surface area (Å²) in [6, 6.07) is 0.